The molecule has 4 rings (SSSR count). The van der Waals surface area contributed by atoms with E-state index < -0.39 is 5.72 Å². The molecule has 2 aromatic rings. The summed E-state index contributed by atoms with van der Waals surface area (Å²) in [6.45, 7) is 0. The van der Waals surface area contributed by atoms with Crippen LogP contribution in [0, 0.1) is 0 Å². The number of hydroxylamine groups is 2. The molecule has 6 heteroatoms. The molecule has 114 valence electrons. The maximum atomic E-state index is 5.94. The van der Waals surface area contributed by atoms with Crippen molar-refractivity contribution in [2.24, 2.45) is 17.8 Å². The van der Waals surface area contributed by atoms with Crippen LogP contribution >= 0.6 is 0 Å². The van der Waals surface area contributed by atoms with Crippen LogP contribution < -0.4 is 5.73 Å². The lowest BCUT2D eigenvalue weighted by atomic mass is 9.82. The third-order valence-electron chi connectivity index (χ3n) is 4.47. The van der Waals surface area contributed by atoms with Gasteiger partial charge in [0.15, 0.2) is 5.72 Å². The molecular formula is C16H19N5O. The molecule has 2 aliphatic rings. The van der Waals surface area contributed by atoms with Gasteiger partial charge in [-0.1, -0.05) is 18.2 Å². The van der Waals surface area contributed by atoms with E-state index in [0.717, 1.165) is 24.8 Å². The topological polar surface area (TPSA) is 68.7 Å². The van der Waals surface area contributed by atoms with E-state index in [0.29, 0.717) is 5.96 Å². The van der Waals surface area contributed by atoms with Gasteiger partial charge in [-0.3, -0.25) is 4.68 Å². The summed E-state index contributed by atoms with van der Waals surface area (Å²) < 4.78 is 1.82. The van der Waals surface area contributed by atoms with Gasteiger partial charge in [-0.15, -0.1) is 0 Å². The predicted molar refractivity (Wildman–Crippen MR) is 83.9 cm³/mol. The lowest BCUT2D eigenvalue weighted by Gasteiger charge is -2.32. The minimum Gasteiger partial charge on any atom is -0.368 e. The van der Waals surface area contributed by atoms with Crippen LogP contribution in [0.25, 0.3) is 11.1 Å². The van der Waals surface area contributed by atoms with Crippen LogP contribution in [0.15, 0.2) is 35.6 Å². The van der Waals surface area contributed by atoms with Gasteiger partial charge in [0.25, 0.3) is 0 Å². The number of aliphatic imine (C=N–C) groups is 1. The summed E-state index contributed by atoms with van der Waals surface area (Å²) in [4.78, 5) is 10.5. The zero-order valence-corrected chi connectivity index (χ0v) is 12.8. The minimum absolute atomic E-state index is 0.447. The fraction of sp³-hybridized carbons (Fsp3) is 0.375. The lowest BCUT2D eigenvalue weighted by Crippen LogP contribution is -2.37. The Kier molecular flexibility index (Phi) is 2.77. The molecule has 0 radical (unpaired) electrons. The van der Waals surface area contributed by atoms with Crippen LogP contribution in [-0.2, 0) is 24.7 Å². The summed E-state index contributed by atoms with van der Waals surface area (Å²) in [5.74, 6) is 0.447. The van der Waals surface area contributed by atoms with Crippen LogP contribution in [0.2, 0.25) is 0 Å². The fourth-order valence-electron chi connectivity index (χ4n) is 3.38. The van der Waals surface area contributed by atoms with Crippen molar-refractivity contribution in [3.63, 3.8) is 0 Å². The van der Waals surface area contributed by atoms with E-state index in [-0.39, 0.29) is 0 Å². The SMILES string of the molecule is CN1OC2(CCc3cccc(-c4cnn(C)c4)c3C2)N=C1N. The van der Waals surface area contributed by atoms with Crippen molar-refractivity contribution in [2.75, 3.05) is 7.05 Å². The monoisotopic (exact) mass is 297 g/mol. The first kappa shape index (κ1) is 13.3. The summed E-state index contributed by atoms with van der Waals surface area (Å²) in [6.07, 6.45) is 6.46. The Hall–Kier alpha value is -2.34. The molecule has 1 unspecified atom stereocenters. The van der Waals surface area contributed by atoms with Crippen LogP contribution in [-0.4, -0.2) is 33.6 Å². The average Bonchev–Trinajstić information content (AvgIpc) is 3.03. The molecule has 6 nitrogen and oxygen atoms in total. The second-order valence-electron chi connectivity index (χ2n) is 6.03. The zero-order chi connectivity index (χ0) is 15.3. The van der Waals surface area contributed by atoms with Gasteiger partial charge in [0.1, 0.15) is 0 Å². The highest BCUT2D eigenvalue weighted by atomic mass is 16.7. The largest absolute Gasteiger partial charge is 0.368 e. The molecule has 2 N–H and O–H groups in total. The first-order valence-corrected chi connectivity index (χ1v) is 7.44. The number of guanidine groups is 1. The van der Waals surface area contributed by atoms with Crippen molar-refractivity contribution in [3.8, 4) is 11.1 Å². The number of hydrogen-bond acceptors (Lipinski definition) is 5. The van der Waals surface area contributed by atoms with E-state index in [1.807, 2.05) is 24.1 Å². The predicted octanol–water partition coefficient (Wildman–Crippen LogP) is 1.46. The van der Waals surface area contributed by atoms with E-state index in [4.69, 9.17) is 10.6 Å². The molecular weight excluding hydrogens is 278 g/mol. The summed E-state index contributed by atoms with van der Waals surface area (Å²) in [5, 5.41) is 5.85. The zero-order valence-electron chi connectivity index (χ0n) is 12.8. The molecule has 0 fully saturated rings. The third kappa shape index (κ3) is 1.99. The average molecular weight is 297 g/mol. The Bertz CT molecular complexity index is 766. The van der Waals surface area contributed by atoms with Crippen molar-refractivity contribution in [3.05, 3.63) is 41.7 Å². The molecule has 22 heavy (non-hydrogen) atoms. The second kappa shape index (κ2) is 4.58. The Morgan fingerprint density at radius 2 is 2.18 bits per heavy atom. The summed E-state index contributed by atoms with van der Waals surface area (Å²) in [7, 11) is 3.73. The van der Waals surface area contributed by atoms with Gasteiger partial charge in [0, 0.05) is 38.7 Å². The highest BCUT2D eigenvalue weighted by Crippen LogP contribution is 2.39. The number of aryl methyl sites for hydroxylation is 2. The van der Waals surface area contributed by atoms with E-state index in [2.05, 4.69) is 28.3 Å². The molecule has 0 amide bonds. The van der Waals surface area contributed by atoms with Crippen molar-refractivity contribution in [1.82, 2.24) is 14.8 Å². The number of benzene rings is 1. The van der Waals surface area contributed by atoms with Gasteiger partial charge in [0.2, 0.25) is 5.96 Å². The maximum Gasteiger partial charge on any atom is 0.218 e. The smallest absolute Gasteiger partial charge is 0.218 e. The molecule has 1 aliphatic carbocycles. The van der Waals surface area contributed by atoms with Crippen LogP contribution in [0.4, 0.5) is 0 Å². The standard InChI is InChI=1S/C16H19N5O/c1-20-10-12(9-18-20)13-5-3-4-11-6-7-16(8-14(11)13)19-15(17)21(2)22-16/h3-5,9-10H,6-8H2,1-2H3,(H2,17,19). The summed E-state index contributed by atoms with van der Waals surface area (Å²) in [5.41, 5.74) is 10.3. The van der Waals surface area contributed by atoms with E-state index >= 15 is 0 Å². The molecule has 1 aromatic carbocycles. The van der Waals surface area contributed by atoms with Crippen molar-refractivity contribution in [2.45, 2.75) is 25.0 Å². The number of nitrogens with two attached hydrogens (primary N) is 1. The number of hydrogen-bond donors (Lipinski definition) is 1. The molecule has 1 atom stereocenters. The van der Waals surface area contributed by atoms with E-state index in [9.17, 15) is 0 Å². The molecule has 0 bridgehead atoms. The molecule has 1 aliphatic heterocycles. The van der Waals surface area contributed by atoms with Crippen LogP contribution in [0.3, 0.4) is 0 Å². The van der Waals surface area contributed by atoms with Crippen LogP contribution in [0.1, 0.15) is 17.5 Å². The Morgan fingerprint density at radius 1 is 1.32 bits per heavy atom. The molecule has 0 saturated carbocycles. The van der Waals surface area contributed by atoms with Gasteiger partial charge >= 0.3 is 0 Å². The Balaban J connectivity index is 1.78. The number of nitrogens with zero attached hydrogens (tertiary/aromatic N) is 4. The van der Waals surface area contributed by atoms with Gasteiger partial charge < -0.3 is 5.73 Å². The van der Waals surface area contributed by atoms with Crippen LogP contribution in [0.5, 0.6) is 0 Å². The summed E-state index contributed by atoms with van der Waals surface area (Å²) >= 11 is 0. The Morgan fingerprint density at radius 3 is 2.86 bits per heavy atom. The molecule has 2 heterocycles. The summed E-state index contributed by atoms with van der Waals surface area (Å²) in [6, 6.07) is 6.44. The normalized spacial score (nSPS) is 23.7. The highest BCUT2D eigenvalue weighted by molar-refractivity contribution is 5.78. The van der Waals surface area contributed by atoms with Crippen molar-refractivity contribution >= 4 is 5.96 Å². The first-order chi connectivity index (χ1) is 10.6. The molecule has 1 aromatic heterocycles. The third-order valence-corrected chi connectivity index (χ3v) is 4.47. The van der Waals surface area contributed by atoms with Gasteiger partial charge in [-0.05, 0) is 23.1 Å². The maximum absolute atomic E-state index is 5.94. The Labute approximate surface area is 129 Å². The molecule has 1 spiro atoms. The number of rotatable bonds is 1. The number of aromatic nitrogens is 2. The van der Waals surface area contributed by atoms with Gasteiger partial charge in [-0.25, -0.2) is 14.9 Å². The number of fused-ring (bicyclic) bond motifs is 1. The highest BCUT2D eigenvalue weighted by Gasteiger charge is 2.42. The fourth-order valence-corrected chi connectivity index (χ4v) is 3.38. The van der Waals surface area contributed by atoms with Crippen molar-refractivity contribution in [1.29, 1.82) is 0 Å². The minimum atomic E-state index is -0.551. The second-order valence-corrected chi connectivity index (χ2v) is 6.03. The van der Waals surface area contributed by atoms with Gasteiger partial charge in [-0.2, -0.15) is 5.10 Å². The molecule has 0 saturated heterocycles. The lowest BCUT2D eigenvalue weighted by molar-refractivity contribution is -0.171. The van der Waals surface area contributed by atoms with E-state index in [1.54, 1.807) is 12.1 Å². The quantitative estimate of drug-likeness (QED) is 0.865. The van der Waals surface area contributed by atoms with Crippen molar-refractivity contribution < 1.29 is 4.84 Å². The van der Waals surface area contributed by atoms with E-state index in [1.165, 1.54) is 16.7 Å². The first-order valence-electron chi connectivity index (χ1n) is 7.44. The van der Waals surface area contributed by atoms with Gasteiger partial charge in [0.05, 0.1) is 6.20 Å².